The summed E-state index contributed by atoms with van der Waals surface area (Å²) in [6, 6.07) is 3.54. The van der Waals surface area contributed by atoms with E-state index in [1.165, 1.54) is 12.1 Å². The Morgan fingerprint density at radius 1 is 1.33 bits per heavy atom. The predicted molar refractivity (Wildman–Crippen MR) is 77.0 cm³/mol. The van der Waals surface area contributed by atoms with Gasteiger partial charge >= 0.3 is 5.97 Å². The molecular formula is C14H20FNO4S. The Balaban J connectivity index is 3.33. The monoisotopic (exact) mass is 317 g/mol. The maximum atomic E-state index is 13.4. The van der Waals surface area contributed by atoms with Gasteiger partial charge in [-0.25, -0.2) is 12.8 Å². The van der Waals surface area contributed by atoms with Crippen LogP contribution in [-0.4, -0.2) is 35.9 Å². The molecule has 21 heavy (non-hydrogen) atoms. The lowest BCUT2D eigenvalue weighted by atomic mass is 10.1. The minimum absolute atomic E-state index is 0.136. The average molecular weight is 317 g/mol. The maximum Gasteiger partial charge on any atom is 0.304 e. The van der Waals surface area contributed by atoms with Gasteiger partial charge in [0.05, 0.1) is 11.3 Å². The van der Waals surface area contributed by atoms with E-state index >= 15 is 0 Å². The van der Waals surface area contributed by atoms with Crippen LogP contribution < -0.4 is 0 Å². The minimum atomic E-state index is -3.98. The molecule has 1 aromatic carbocycles. The molecule has 0 radical (unpaired) electrons. The summed E-state index contributed by atoms with van der Waals surface area (Å²) in [5.74, 6) is -1.73. The largest absolute Gasteiger partial charge is 0.481 e. The van der Waals surface area contributed by atoms with Crippen molar-refractivity contribution in [1.82, 2.24) is 4.31 Å². The topological polar surface area (TPSA) is 74.7 Å². The SMILES string of the molecule is Cc1ccc(F)cc1S(=O)(=O)N(CCC(=O)O)C(C)(C)C. The highest BCUT2D eigenvalue weighted by Gasteiger charge is 2.35. The number of hydrogen-bond donors (Lipinski definition) is 1. The van der Waals surface area contributed by atoms with Crippen LogP contribution in [0.4, 0.5) is 4.39 Å². The molecule has 0 spiro atoms. The fourth-order valence-corrected chi connectivity index (χ4v) is 4.01. The average Bonchev–Trinajstić information content (AvgIpc) is 2.29. The number of aryl methyl sites for hydroxylation is 1. The summed E-state index contributed by atoms with van der Waals surface area (Å²) < 4.78 is 39.9. The van der Waals surface area contributed by atoms with Crippen LogP contribution in [0.25, 0.3) is 0 Å². The van der Waals surface area contributed by atoms with Gasteiger partial charge in [-0.3, -0.25) is 4.79 Å². The van der Waals surface area contributed by atoms with E-state index < -0.39 is 27.3 Å². The van der Waals surface area contributed by atoms with Gasteiger partial charge in [-0.15, -0.1) is 0 Å². The molecule has 0 fully saturated rings. The number of sulfonamides is 1. The number of hydrogen-bond acceptors (Lipinski definition) is 3. The summed E-state index contributed by atoms with van der Waals surface area (Å²) in [4.78, 5) is 10.6. The first kappa shape index (κ1) is 17.6. The molecule has 1 N–H and O–H groups in total. The maximum absolute atomic E-state index is 13.4. The van der Waals surface area contributed by atoms with Crippen molar-refractivity contribution < 1.29 is 22.7 Å². The predicted octanol–water partition coefficient (Wildman–Crippen LogP) is 2.40. The van der Waals surface area contributed by atoms with Gasteiger partial charge in [0.2, 0.25) is 10.0 Å². The molecule has 0 aliphatic carbocycles. The molecule has 0 unspecified atom stereocenters. The number of benzene rings is 1. The van der Waals surface area contributed by atoms with E-state index in [2.05, 4.69) is 0 Å². The number of nitrogens with zero attached hydrogens (tertiary/aromatic N) is 1. The van der Waals surface area contributed by atoms with Crippen molar-refractivity contribution in [3.63, 3.8) is 0 Å². The summed E-state index contributed by atoms with van der Waals surface area (Å²) in [6.45, 7) is 6.41. The first-order valence-corrected chi connectivity index (χ1v) is 7.91. The van der Waals surface area contributed by atoms with Crippen LogP contribution in [0.5, 0.6) is 0 Å². The fraction of sp³-hybridized carbons (Fsp3) is 0.500. The Labute approximate surface area is 124 Å². The van der Waals surface area contributed by atoms with Crippen molar-refractivity contribution >= 4 is 16.0 Å². The number of carbonyl (C=O) groups is 1. The lowest BCUT2D eigenvalue weighted by Crippen LogP contribution is -2.46. The van der Waals surface area contributed by atoms with Crippen LogP contribution in [0, 0.1) is 12.7 Å². The van der Waals surface area contributed by atoms with Crippen molar-refractivity contribution in [1.29, 1.82) is 0 Å². The second-order valence-corrected chi connectivity index (χ2v) is 7.63. The summed E-state index contributed by atoms with van der Waals surface area (Å²) >= 11 is 0. The summed E-state index contributed by atoms with van der Waals surface area (Å²) in [5.41, 5.74) is -0.395. The van der Waals surface area contributed by atoms with Crippen molar-refractivity contribution in [2.75, 3.05) is 6.54 Å². The third-order valence-corrected chi connectivity index (χ3v) is 5.30. The minimum Gasteiger partial charge on any atom is -0.481 e. The number of aliphatic carboxylic acids is 1. The van der Waals surface area contributed by atoms with Crippen LogP contribution in [0.15, 0.2) is 23.1 Å². The fourth-order valence-electron chi connectivity index (χ4n) is 1.98. The quantitative estimate of drug-likeness (QED) is 0.905. The van der Waals surface area contributed by atoms with E-state index in [9.17, 15) is 17.6 Å². The standard InChI is InChI=1S/C14H20FNO4S/c1-10-5-6-11(15)9-12(10)21(19,20)16(14(2,3)4)8-7-13(17)18/h5-6,9H,7-8H2,1-4H3,(H,17,18). The van der Waals surface area contributed by atoms with E-state index in [0.717, 1.165) is 10.4 Å². The lowest BCUT2D eigenvalue weighted by Gasteiger charge is -2.34. The molecule has 0 aliphatic rings. The Morgan fingerprint density at radius 3 is 2.38 bits per heavy atom. The van der Waals surface area contributed by atoms with Crippen molar-refractivity contribution in [3.8, 4) is 0 Å². The lowest BCUT2D eigenvalue weighted by molar-refractivity contribution is -0.137. The van der Waals surface area contributed by atoms with Gasteiger partial charge in [-0.1, -0.05) is 6.07 Å². The zero-order chi connectivity index (χ0) is 16.4. The highest BCUT2D eigenvalue weighted by Crippen LogP contribution is 2.27. The van der Waals surface area contributed by atoms with Crippen molar-refractivity contribution in [2.45, 2.75) is 44.6 Å². The zero-order valence-electron chi connectivity index (χ0n) is 12.6. The molecule has 0 heterocycles. The van der Waals surface area contributed by atoms with Crippen LogP contribution in [0.1, 0.15) is 32.8 Å². The third kappa shape index (κ3) is 4.25. The summed E-state index contributed by atoms with van der Waals surface area (Å²) in [5, 5.41) is 8.78. The number of halogens is 1. The molecular weight excluding hydrogens is 297 g/mol. The summed E-state index contributed by atoms with van der Waals surface area (Å²) in [6.07, 6.45) is -0.315. The van der Waals surface area contributed by atoms with Crippen molar-refractivity contribution in [2.24, 2.45) is 0 Å². The van der Waals surface area contributed by atoms with Crippen molar-refractivity contribution in [3.05, 3.63) is 29.6 Å². The van der Waals surface area contributed by atoms with Gasteiger partial charge in [-0.05, 0) is 45.4 Å². The van der Waals surface area contributed by atoms with Crippen LogP contribution >= 0.6 is 0 Å². The molecule has 1 rings (SSSR count). The Morgan fingerprint density at radius 2 is 1.90 bits per heavy atom. The van der Waals surface area contributed by atoms with Gasteiger partial charge < -0.3 is 5.11 Å². The zero-order valence-corrected chi connectivity index (χ0v) is 13.4. The molecule has 0 aliphatic heterocycles. The molecule has 0 bridgehead atoms. The Kier molecular flexibility index (Phi) is 5.11. The van der Waals surface area contributed by atoms with Crippen LogP contribution in [0.2, 0.25) is 0 Å². The normalized spacial score (nSPS) is 12.7. The highest BCUT2D eigenvalue weighted by molar-refractivity contribution is 7.89. The molecule has 0 saturated carbocycles. The molecule has 1 aromatic rings. The van der Waals surface area contributed by atoms with E-state index in [-0.39, 0.29) is 17.9 Å². The Hall–Kier alpha value is -1.47. The number of rotatable bonds is 5. The van der Waals surface area contributed by atoms with Gasteiger partial charge in [0.25, 0.3) is 0 Å². The highest BCUT2D eigenvalue weighted by atomic mass is 32.2. The summed E-state index contributed by atoms with van der Waals surface area (Å²) in [7, 11) is -3.98. The van der Waals surface area contributed by atoms with E-state index in [0.29, 0.717) is 5.56 Å². The smallest absolute Gasteiger partial charge is 0.304 e. The molecule has 0 aromatic heterocycles. The van der Waals surface area contributed by atoms with E-state index in [1.807, 2.05) is 0 Å². The number of carboxylic acid groups (broad SMARTS) is 1. The van der Waals surface area contributed by atoms with Gasteiger partial charge in [0, 0.05) is 12.1 Å². The molecule has 0 atom stereocenters. The van der Waals surface area contributed by atoms with Crippen LogP contribution in [0.3, 0.4) is 0 Å². The molecule has 0 saturated heterocycles. The molecule has 0 amide bonds. The first-order chi connectivity index (χ1) is 9.46. The molecule has 118 valence electrons. The first-order valence-electron chi connectivity index (χ1n) is 6.47. The Bertz CT molecular complexity index is 635. The molecule has 7 heteroatoms. The van der Waals surface area contributed by atoms with Gasteiger partial charge in [0.1, 0.15) is 5.82 Å². The number of carboxylic acids is 1. The third-order valence-electron chi connectivity index (χ3n) is 3.00. The van der Waals surface area contributed by atoms with E-state index in [4.69, 9.17) is 5.11 Å². The second-order valence-electron chi connectivity index (χ2n) is 5.80. The van der Waals surface area contributed by atoms with E-state index in [1.54, 1.807) is 27.7 Å². The second kappa shape index (κ2) is 6.11. The van der Waals surface area contributed by atoms with Gasteiger partial charge in [-0.2, -0.15) is 4.31 Å². The molecule has 5 nitrogen and oxygen atoms in total. The van der Waals surface area contributed by atoms with Gasteiger partial charge in [0.15, 0.2) is 0 Å². The van der Waals surface area contributed by atoms with Crippen LogP contribution in [-0.2, 0) is 14.8 Å².